The number of rotatable bonds is 3. The number of piperazine rings is 1. The van der Waals surface area contributed by atoms with E-state index in [-0.39, 0.29) is 5.91 Å². The van der Waals surface area contributed by atoms with E-state index in [1.54, 1.807) is 7.11 Å². The number of aromatic nitrogens is 2. The number of aliphatic carboxylic acids is 2. The SMILES string of the molecule is COc1cccc(N2CCN(C(=O)c3cn4ccc(C)cc4n3)CC2)c1.O=C(O)C(F)(F)F.O=C(O)C(F)(F)F. The molecule has 0 radical (unpaired) electrons. The van der Waals surface area contributed by atoms with Crippen molar-refractivity contribution in [3.8, 4) is 5.75 Å². The molecule has 1 aliphatic rings. The molecule has 0 aliphatic carbocycles. The zero-order valence-corrected chi connectivity index (χ0v) is 21.0. The van der Waals surface area contributed by atoms with Gasteiger partial charge in [-0.25, -0.2) is 14.6 Å². The van der Waals surface area contributed by atoms with Crippen LogP contribution in [-0.4, -0.2) is 88.0 Å². The van der Waals surface area contributed by atoms with Crippen LogP contribution in [0.3, 0.4) is 0 Å². The Bertz CT molecular complexity index is 1310. The number of carboxylic acid groups (broad SMARTS) is 2. The molecule has 218 valence electrons. The van der Waals surface area contributed by atoms with Crippen molar-refractivity contribution in [3.63, 3.8) is 0 Å². The normalized spacial score (nSPS) is 13.5. The number of carboxylic acids is 2. The summed E-state index contributed by atoms with van der Waals surface area (Å²) in [4.78, 5) is 39.2. The van der Waals surface area contributed by atoms with E-state index >= 15 is 0 Å². The van der Waals surface area contributed by atoms with Gasteiger partial charge in [-0.2, -0.15) is 26.3 Å². The smallest absolute Gasteiger partial charge is 0.490 e. The number of halogens is 6. The minimum absolute atomic E-state index is 0.00311. The number of carbonyl (C=O) groups is 3. The summed E-state index contributed by atoms with van der Waals surface area (Å²) < 4.78 is 70.7. The first kappa shape index (κ1) is 31.7. The summed E-state index contributed by atoms with van der Waals surface area (Å²) in [5, 5.41) is 14.2. The predicted octanol–water partition coefficient (Wildman–Crippen LogP) is 3.88. The molecule has 2 aromatic heterocycles. The van der Waals surface area contributed by atoms with Crippen molar-refractivity contribution >= 4 is 29.2 Å². The van der Waals surface area contributed by atoms with Crippen molar-refractivity contribution in [3.05, 3.63) is 60.0 Å². The number of amides is 1. The molecule has 1 saturated heterocycles. The topological polar surface area (TPSA) is 125 Å². The second-order valence-electron chi connectivity index (χ2n) is 8.18. The van der Waals surface area contributed by atoms with Crippen LogP contribution in [0.15, 0.2) is 48.8 Å². The van der Waals surface area contributed by atoms with Gasteiger partial charge in [0.05, 0.1) is 7.11 Å². The maximum Gasteiger partial charge on any atom is 0.490 e. The fourth-order valence-electron chi connectivity index (χ4n) is 3.32. The quantitative estimate of drug-likeness (QED) is 0.449. The van der Waals surface area contributed by atoms with Crippen LogP contribution in [0.1, 0.15) is 16.1 Å². The maximum absolute atomic E-state index is 12.8. The van der Waals surface area contributed by atoms with Gasteiger partial charge in [0.2, 0.25) is 0 Å². The second kappa shape index (κ2) is 13.0. The maximum atomic E-state index is 12.8. The van der Waals surface area contributed by atoms with E-state index in [0.29, 0.717) is 18.8 Å². The molecule has 2 N–H and O–H groups in total. The zero-order valence-electron chi connectivity index (χ0n) is 21.0. The number of anilines is 1. The molecule has 1 fully saturated rings. The number of hydrogen-bond acceptors (Lipinski definition) is 6. The van der Waals surface area contributed by atoms with E-state index in [1.165, 1.54) is 0 Å². The molecule has 1 amide bonds. The van der Waals surface area contributed by atoms with Crippen LogP contribution in [0.2, 0.25) is 0 Å². The number of methoxy groups -OCH3 is 1. The molecule has 0 bridgehead atoms. The highest BCUT2D eigenvalue weighted by Crippen LogP contribution is 2.22. The molecular weight excluding hydrogens is 554 g/mol. The van der Waals surface area contributed by atoms with Crippen molar-refractivity contribution < 1.29 is 55.7 Å². The van der Waals surface area contributed by atoms with Crippen LogP contribution in [-0.2, 0) is 9.59 Å². The largest absolute Gasteiger partial charge is 0.497 e. The van der Waals surface area contributed by atoms with E-state index in [9.17, 15) is 31.1 Å². The van der Waals surface area contributed by atoms with Crippen LogP contribution < -0.4 is 9.64 Å². The third-order valence-electron chi connectivity index (χ3n) is 5.31. The molecule has 3 aromatic rings. The Morgan fingerprint density at radius 1 is 0.900 bits per heavy atom. The lowest BCUT2D eigenvalue weighted by Gasteiger charge is -2.35. The van der Waals surface area contributed by atoms with Gasteiger partial charge in [0, 0.05) is 50.3 Å². The molecule has 10 nitrogen and oxygen atoms in total. The summed E-state index contributed by atoms with van der Waals surface area (Å²) in [7, 11) is 1.67. The van der Waals surface area contributed by atoms with Crippen molar-refractivity contribution in [2.45, 2.75) is 19.3 Å². The van der Waals surface area contributed by atoms with Gasteiger partial charge in [-0.05, 0) is 36.8 Å². The van der Waals surface area contributed by atoms with Gasteiger partial charge < -0.3 is 29.2 Å². The van der Waals surface area contributed by atoms with E-state index in [0.717, 1.165) is 35.7 Å². The fourth-order valence-corrected chi connectivity index (χ4v) is 3.32. The predicted molar refractivity (Wildman–Crippen MR) is 128 cm³/mol. The van der Waals surface area contributed by atoms with Crippen LogP contribution in [0.25, 0.3) is 5.65 Å². The van der Waals surface area contributed by atoms with E-state index < -0.39 is 24.3 Å². The Balaban J connectivity index is 0.000000333. The van der Waals surface area contributed by atoms with E-state index in [2.05, 4.69) is 16.0 Å². The fraction of sp³-hybridized carbons (Fsp3) is 0.333. The average Bonchev–Trinajstić information content (AvgIpc) is 3.31. The Morgan fingerprint density at radius 3 is 1.95 bits per heavy atom. The molecule has 0 atom stereocenters. The van der Waals surface area contributed by atoms with Crippen molar-refractivity contribution in [2.24, 2.45) is 0 Å². The number of ether oxygens (including phenoxy) is 1. The van der Waals surface area contributed by atoms with Crippen molar-refractivity contribution in [2.75, 3.05) is 38.2 Å². The summed E-state index contributed by atoms with van der Waals surface area (Å²) in [6.07, 6.45) is -6.42. The lowest BCUT2D eigenvalue weighted by Crippen LogP contribution is -2.48. The lowest BCUT2D eigenvalue weighted by molar-refractivity contribution is -0.193. The monoisotopic (exact) mass is 578 g/mol. The third kappa shape index (κ3) is 9.06. The number of hydrogen-bond donors (Lipinski definition) is 2. The van der Waals surface area contributed by atoms with Crippen molar-refractivity contribution in [1.29, 1.82) is 0 Å². The number of imidazole rings is 1. The Labute approximate surface area is 223 Å². The van der Waals surface area contributed by atoms with Crippen LogP contribution in [0.4, 0.5) is 32.0 Å². The second-order valence-corrected chi connectivity index (χ2v) is 8.18. The van der Waals surface area contributed by atoms with Gasteiger partial charge in [-0.3, -0.25) is 4.79 Å². The number of benzene rings is 1. The first-order valence-corrected chi connectivity index (χ1v) is 11.3. The molecule has 1 aliphatic heterocycles. The highest BCUT2D eigenvalue weighted by Gasteiger charge is 2.38. The molecule has 4 rings (SSSR count). The molecule has 3 heterocycles. The highest BCUT2D eigenvalue weighted by molar-refractivity contribution is 5.93. The van der Waals surface area contributed by atoms with Gasteiger partial charge in [0.25, 0.3) is 5.91 Å². The number of fused-ring (bicyclic) bond motifs is 1. The molecule has 0 spiro atoms. The number of pyridine rings is 1. The summed E-state index contributed by atoms with van der Waals surface area (Å²) in [5.41, 5.74) is 3.57. The Hall–Kier alpha value is -4.50. The Kier molecular flexibility index (Phi) is 10.3. The summed E-state index contributed by atoms with van der Waals surface area (Å²) >= 11 is 0. The van der Waals surface area contributed by atoms with Gasteiger partial charge >= 0.3 is 24.3 Å². The van der Waals surface area contributed by atoms with Gasteiger partial charge in [-0.15, -0.1) is 0 Å². The van der Waals surface area contributed by atoms with Crippen LogP contribution in [0, 0.1) is 6.92 Å². The minimum Gasteiger partial charge on any atom is -0.497 e. The standard InChI is InChI=1S/C20H22N4O2.2C2HF3O2/c1-15-6-7-24-14-18(21-19(24)12-15)20(25)23-10-8-22(9-11-23)16-4-3-5-17(13-16)26-2;2*3-2(4,5)1(6)7/h3-7,12-14H,8-11H2,1-2H3;2*(H,6,7). The molecule has 1 aromatic carbocycles. The van der Waals surface area contributed by atoms with Gasteiger partial charge in [0.15, 0.2) is 0 Å². The van der Waals surface area contributed by atoms with E-state index in [4.69, 9.17) is 24.5 Å². The average molecular weight is 578 g/mol. The van der Waals surface area contributed by atoms with Crippen LogP contribution >= 0.6 is 0 Å². The molecule has 16 heteroatoms. The number of nitrogens with zero attached hydrogens (tertiary/aromatic N) is 4. The summed E-state index contributed by atoms with van der Waals surface area (Å²) in [5.74, 6) is -4.67. The van der Waals surface area contributed by atoms with E-state index in [1.807, 2.05) is 58.9 Å². The van der Waals surface area contributed by atoms with Crippen LogP contribution in [0.5, 0.6) is 5.75 Å². The first-order valence-electron chi connectivity index (χ1n) is 11.3. The molecule has 0 unspecified atom stereocenters. The van der Waals surface area contributed by atoms with Crippen molar-refractivity contribution in [1.82, 2.24) is 14.3 Å². The zero-order chi connectivity index (χ0) is 30.3. The number of aryl methyl sites for hydroxylation is 1. The molecule has 0 saturated carbocycles. The molecular formula is C24H24F6N4O6. The molecule has 40 heavy (non-hydrogen) atoms. The highest BCUT2D eigenvalue weighted by atomic mass is 19.4. The van der Waals surface area contributed by atoms with Gasteiger partial charge in [0.1, 0.15) is 17.1 Å². The third-order valence-corrected chi connectivity index (χ3v) is 5.31. The number of carbonyl (C=O) groups excluding carboxylic acids is 1. The minimum atomic E-state index is -5.08. The Morgan fingerprint density at radius 2 is 1.45 bits per heavy atom. The number of alkyl halides is 6. The summed E-state index contributed by atoms with van der Waals surface area (Å²) in [6, 6.07) is 12.0. The van der Waals surface area contributed by atoms with Gasteiger partial charge in [-0.1, -0.05) is 6.07 Å². The first-order chi connectivity index (χ1) is 18.5. The summed E-state index contributed by atoms with van der Waals surface area (Å²) in [6.45, 7) is 4.98. The lowest BCUT2D eigenvalue weighted by atomic mass is 10.2.